The number of benzene rings is 2. The van der Waals surface area contributed by atoms with Crippen molar-refractivity contribution in [2.45, 2.75) is 6.10 Å². The SMILES string of the molecule is COc1ccc(C2C=Cc3cc(OC)c(OC)c(OC)c3O2)c(OC)c1OC. The van der Waals surface area contributed by atoms with E-state index < -0.39 is 6.10 Å². The molecule has 2 aromatic carbocycles. The van der Waals surface area contributed by atoms with E-state index in [2.05, 4.69) is 0 Å². The normalized spacial score (nSPS) is 14.6. The molecule has 0 fully saturated rings. The van der Waals surface area contributed by atoms with E-state index in [1.54, 1.807) is 42.7 Å². The highest BCUT2D eigenvalue weighted by Crippen LogP contribution is 2.51. The third-order valence-electron chi connectivity index (χ3n) is 4.55. The second kappa shape index (κ2) is 8.21. The zero-order valence-corrected chi connectivity index (χ0v) is 16.8. The standard InChI is InChI=1S/C21H24O7/c1-22-15-10-8-13(18(24-3)19(15)25-4)14-9-7-12-11-16(23-2)20(26-5)21(27-6)17(12)28-14/h7-11,14H,1-6H3. The monoisotopic (exact) mass is 388 g/mol. The van der Waals surface area contributed by atoms with E-state index >= 15 is 0 Å². The van der Waals surface area contributed by atoms with Gasteiger partial charge in [-0.05, 0) is 24.3 Å². The molecule has 0 bridgehead atoms. The summed E-state index contributed by atoms with van der Waals surface area (Å²) in [7, 11) is 9.42. The van der Waals surface area contributed by atoms with Crippen LogP contribution < -0.4 is 33.2 Å². The van der Waals surface area contributed by atoms with Crippen molar-refractivity contribution in [2.75, 3.05) is 42.7 Å². The second-order valence-corrected chi connectivity index (χ2v) is 5.88. The fourth-order valence-corrected chi connectivity index (χ4v) is 3.27. The van der Waals surface area contributed by atoms with E-state index in [9.17, 15) is 0 Å². The fourth-order valence-electron chi connectivity index (χ4n) is 3.27. The Morgan fingerprint density at radius 3 is 1.86 bits per heavy atom. The van der Waals surface area contributed by atoms with Crippen molar-refractivity contribution in [3.05, 3.63) is 35.4 Å². The van der Waals surface area contributed by atoms with E-state index in [0.717, 1.165) is 11.1 Å². The van der Waals surface area contributed by atoms with Crippen LogP contribution in [0, 0.1) is 0 Å². The van der Waals surface area contributed by atoms with Crippen molar-refractivity contribution in [3.8, 4) is 40.2 Å². The zero-order chi connectivity index (χ0) is 20.3. The summed E-state index contributed by atoms with van der Waals surface area (Å²) in [5, 5.41) is 0. The molecule has 1 unspecified atom stereocenters. The quantitative estimate of drug-likeness (QED) is 0.713. The van der Waals surface area contributed by atoms with Crippen LogP contribution in [-0.4, -0.2) is 42.7 Å². The first-order valence-corrected chi connectivity index (χ1v) is 8.60. The number of hydrogen-bond acceptors (Lipinski definition) is 7. The molecule has 1 aliphatic rings. The Hall–Kier alpha value is -3.22. The maximum atomic E-state index is 6.27. The van der Waals surface area contributed by atoms with Gasteiger partial charge in [-0.15, -0.1) is 0 Å². The summed E-state index contributed by atoms with van der Waals surface area (Å²) < 4.78 is 39.1. The first-order chi connectivity index (χ1) is 13.6. The van der Waals surface area contributed by atoms with Crippen molar-refractivity contribution in [2.24, 2.45) is 0 Å². The highest BCUT2D eigenvalue weighted by Gasteiger charge is 2.29. The minimum atomic E-state index is -0.422. The number of methoxy groups -OCH3 is 6. The molecule has 7 nitrogen and oxygen atoms in total. The van der Waals surface area contributed by atoms with Gasteiger partial charge in [0.25, 0.3) is 0 Å². The molecular formula is C21H24O7. The van der Waals surface area contributed by atoms with Gasteiger partial charge in [0, 0.05) is 11.1 Å². The summed E-state index contributed by atoms with van der Waals surface area (Å²) in [4.78, 5) is 0. The van der Waals surface area contributed by atoms with Crippen LogP contribution in [0.25, 0.3) is 6.08 Å². The molecule has 0 N–H and O–H groups in total. The summed E-state index contributed by atoms with van der Waals surface area (Å²) in [6, 6.07) is 5.54. The van der Waals surface area contributed by atoms with Crippen LogP contribution in [-0.2, 0) is 0 Å². The van der Waals surface area contributed by atoms with Gasteiger partial charge in [0.2, 0.25) is 17.2 Å². The van der Waals surface area contributed by atoms with Crippen LogP contribution in [0.15, 0.2) is 24.3 Å². The molecule has 0 radical (unpaired) electrons. The van der Waals surface area contributed by atoms with E-state index in [1.807, 2.05) is 30.4 Å². The molecule has 0 aliphatic carbocycles. The average molecular weight is 388 g/mol. The third kappa shape index (κ3) is 3.13. The highest BCUT2D eigenvalue weighted by atomic mass is 16.6. The van der Waals surface area contributed by atoms with Gasteiger partial charge in [0.05, 0.1) is 42.7 Å². The van der Waals surface area contributed by atoms with Gasteiger partial charge in [-0.3, -0.25) is 0 Å². The Labute approximate surface area is 164 Å². The van der Waals surface area contributed by atoms with E-state index in [1.165, 1.54) is 0 Å². The van der Waals surface area contributed by atoms with E-state index in [0.29, 0.717) is 40.2 Å². The van der Waals surface area contributed by atoms with Gasteiger partial charge < -0.3 is 33.2 Å². The smallest absolute Gasteiger partial charge is 0.207 e. The van der Waals surface area contributed by atoms with Crippen LogP contribution in [0.2, 0.25) is 0 Å². The summed E-state index contributed by atoms with van der Waals surface area (Å²) in [6.07, 6.45) is 3.45. The minimum absolute atomic E-state index is 0.422. The molecule has 1 atom stereocenters. The van der Waals surface area contributed by atoms with Gasteiger partial charge in [-0.25, -0.2) is 0 Å². The fraction of sp³-hybridized carbons (Fsp3) is 0.333. The minimum Gasteiger partial charge on any atom is -0.493 e. The lowest BCUT2D eigenvalue weighted by Crippen LogP contribution is -2.12. The van der Waals surface area contributed by atoms with Crippen LogP contribution in [0.1, 0.15) is 17.2 Å². The molecule has 0 saturated heterocycles. The van der Waals surface area contributed by atoms with Crippen molar-refractivity contribution in [1.82, 2.24) is 0 Å². The van der Waals surface area contributed by atoms with Crippen LogP contribution in [0.4, 0.5) is 0 Å². The number of rotatable bonds is 7. The zero-order valence-electron chi connectivity index (χ0n) is 16.8. The van der Waals surface area contributed by atoms with Crippen LogP contribution >= 0.6 is 0 Å². The van der Waals surface area contributed by atoms with Gasteiger partial charge >= 0.3 is 0 Å². The lowest BCUT2D eigenvalue weighted by atomic mass is 10.0. The predicted molar refractivity (Wildman–Crippen MR) is 105 cm³/mol. The molecule has 0 spiro atoms. The van der Waals surface area contributed by atoms with Crippen LogP contribution in [0.5, 0.6) is 40.2 Å². The molecule has 0 aromatic heterocycles. The molecule has 7 heteroatoms. The van der Waals surface area contributed by atoms with Crippen molar-refractivity contribution in [3.63, 3.8) is 0 Å². The van der Waals surface area contributed by atoms with Crippen molar-refractivity contribution >= 4 is 6.08 Å². The van der Waals surface area contributed by atoms with Gasteiger partial charge in [-0.1, -0.05) is 6.08 Å². The van der Waals surface area contributed by atoms with Crippen molar-refractivity contribution in [1.29, 1.82) is 0 Å². The summed E-state index contributed by atoms with van der Waals surface area (Å²) in [6.45, 7) is 0. The molecule has 2 aromatic rings. The first kappa shape index (κ1) is 19.5. The molecule has 28 heavy (non-hydrogen) atoms. The maximum Gasteiger partial charge on any atom is 0.207 e. The molecule has 0 saturated carbocycles. The lowest BCUT2D eigenvalue weighted by Gasteiger charge is -2.27. The Bertz CT molecular complexity index is 889. The Morgan fingerprint density at radius 2 is 1.29 bits per heavy atom. The molecule has 0 amide bonds. The predicted octanol–water partition coefficient (Wildman–Crippen LogP) is 3.89. The number of hydrogen-bond donors (Lipinski definition) is 0. The molecule has 150 valence electrons. The highest BCUT2D eigenvalue weighted by molar-refractivity contribution is 5.73. The van der Waals surface area contributed by atoms with Crippen LogP contribution in [0.3, 0.4) is 0 Å². The topological polar surface area (TPSA) is 64.6 Å². The Balaban J connectivity index is 2.10. The lowest BCUT2D eigenvalue weighted by molar-refractivity contribution is 0.224. The largest absolute Gasteiger partial charge is 0.493 e. The Morgan fingerprint density at radius 1 is 0.679 bits per heavy atom. The third-order valence-corrected chi connectivity index (χ3v) is 4.55. The van der Waals surface area contributed by atoms with Gasteiger partial charge in [-0.2, -0.15) is 0 Å². The second-order valence-electron chi connectivity index (χ2n) is 5.88. The Kier molecular flexibility index (Phi) is 5.73. The molecular weight excluding hydrogens is 364 g/mol. The maximum absolute atomic E-state index is 6.27. The number of fused-ring (bicyclic) bond motifs is 1. The summed E-state index contributed by atoms with van der Waals surface area (Å²) in [5.74, 6) is 3.68. The molecule has 1 heterocycles. The summed E-state index contributed by atoms with van der Waals surface area (Å²) in [5.41, 5.74) is 1.61. The van der Waals surface area contributed by atoms with E-state index in [4.69, 9.17) is 33.2 Å². The summed E-state index contributed by atoms with van der Waals surface area (Å²) >= 11 is 0. The average Bonchev–Trinajstić information content (AvgIpc) is 2.75. The first-order valence-electron chi connectivity index (χ1n) is 8.60. The van der Waals surface area contributed by atoms with E-state index in [-0.39, 0.29) is 0 Å². The molecule has 1 aliphatic heterocycles. The molecule has 3 rings (SSSR count). The number of ether oxygens (including phenoxy) is 7. The van der Waals surface area contributed by atoms with Gasteiger partial charge in [0.15, 0.2) is 23.0 Å². The van der Waals surface area contributed by atoms with Gasteiger partial charge in [0.1, 0.15) is 6.10 Å². The van der Waals surface area contributed by atoms with Crippen molar-refractivity contribution < 1.29 is 33.2 Å².